The van der Waals surface area contributed by atoms with Gasteiger partial charge in [-0.15, -0.1) is 10.2 Å². The van der Waals surface area contributed by atoms with E-state index in [1.807, 2.05) is 13.0 Å². The fourth-order valence-corrected chi connectivity index (χ4v) is 5.07. The highest BCUT2D eigenvalue weighted by Gasteiger charge is 2.25. The third-order valence-corrected chi connectivity index (χ3v) is 6.90. The molecule has 5 nitrogen and oxygen atoms in total. The van der Waals surface area contributed by atoms with Gasteiger partial charge in [-0.2, -0.15) is 0 Å². The second-order valence-electron chi connectivity index (χ2n) is 8.19. The van der Waals surface area contributed by atoms with Crippen LogP contribution < -0.4 is 0 Å². The van der Waals surface area contributed by atoms with E-state index in [1.54, 1.807) is 0 Å². The molecule has 0 N–H and O–H groups in total. The van der Waals surface area contributed by atoms with E-state index < -0.39 is 0 Å². The third-order valence-electron chi connectivity index (χ3n) is 5.82. The highest BCUT2D eigenvalue weighted by Crippen LogP contribution is 2.30. The molecule has 0 spiro atoms. The van der Waals surface area contributed by atoms with E-state index in [9.17, 15) is 4.79 Å². The molecule has 0 fully saturated rings. The molecule has 1 aliphatic carbocycles. The zero-order valence-electron chi connectivity index (χ0n) is 18.4. The second-order valence-corrected chi connectivity index (χ2v) is 9.50. The largest absolute Gasteiger partial charge is 0.305 e. The average Bonchev–Trinajstić information content (AvgIpc) is 3.32. The van der Waals surface area contributed by atoms with Crippen LogP contribution in [-0.4, -0.2) is 44.8 Å². The lowest BCUT2D eigenvalue weighted by Gasteiger charge is -2.23. The first-order valence-electron chi connectivity index (χ1n) is 10.9. The van der Waals surface area contributed by atoms with Crippen molar-refractivity contribution >= 4 is 17.5 Å². The molecule has 2 unspecified atom stereocenters. The number of Topliss-reactive ketones (excluding diaryl/α,β-unsaturated/α-hetero) is 1. The molecule has 3 rings (SSSR count). The van der Waals surface area contributed by atoms with Crippen LogP contribution in [0.15, 0.2) is 23.4 Å². The van der Waals surface area contributed by atoms with Gasteiger partial charge in [0.15, 0.2) is 16.8 Å². The number of carbonyl (C=O) groups is 1. The average molecular weight is 415 g/mol. The first kappa shape index (κ1) is 22.0. The minimum absolute atomic E-state index is 0.177. The summed E-state index contributed by atoms with van der Waals surface area (Å²) in [5.74, 6) is 1.18. The summed E-state index contributed by atoms with van der Waals surface area (Å²) in [5.41, 5.74) is 3.57. The Morgan fingerprint density at radius 3 is 2.66 bits per heavy atom. The molecule has 158 valence electrons. The number of rotatable bonds is 10. The normalized spacial score (nSPS) is 15.5. The van der Waals surface area contributed by atoms with Gasteiger partial charge in [-0.25, -0.2) is 0 Å². The Hall–Kier alpha value is -1.66. The summed E-state index contributed by atoms with van der Waals surface area (Å²) in [7, 11) is 4.17. The van der Waals surface area contributed by atoms with E-state index in [1.165, 1.54) is 29.3 Å². The number of hydrogen-bond acceptors (Lipinski definition) is 5. The number of benzene rings is 1. The first-order chi connectivity index (χ1) is 14.0. The van der Waals surface area contributed by atoms with Crippen molar-refractivity contribution in [1.29, 1.82) is 0 Å². The Balaban J connectivity index is 1.80. The quantitative estimate of drug-likeness (QED) is 0.407. The molecule has 1 aromatic carbocycles. The predicted octanol–water partition coefficient (Wildman–Crippen LogP) is 4.94. The zero-order valence-corrected chi connectivity index (χ0v) is 19.3. The molecule has 1 aromatic heterocycles. The van der Waals surface area contributed by atoms with Crippen LogP contribution in [0.1, 0.15) is 79.8 Å². The van der Waals surface area contributed by atoms with Gasteiger partial charge in [0.1, 0.15) is 0 Å². The lowest BCUT2D eigenvalue weighted by atomic mass is 10.0. The number of hydrogen-bond donors (Lipinski definition) is 0. The lowest BCUT2D eigenvalue weighted by Crippen LogP contribution is -2.23. The van der Waals surface area contributed by atoms with Crippen molar-refractivity contribution in [2.24, 2.45) is 0 Å². The van der Waals surface area contributed by atoms with Crippen molar-refractivity contribution < 1.29 is 4.79 Å². The van der Waals surface area contributed by atoms with Crippen LogP contribution in [0.25, 0.3) is 0 Å². The summed E-state index contributed by atoms with van der Waals surface area (Å²) in [5, 5.41) is 9.69. The van der Waals surface area contributed by atoms with Crippen LogP contribution in [0.2, 0.25) is 0 Å². The SMILES string of the molecule is CCCCn1c(SC(C)C(=O)c2ccc3c(c2)CCC3)nnc1C(CC)N(C)C. The van der Waals surface area contributed by atoms with Gasteiger partial charge in [-0.05, 0) is 70.3 Å². The van der Waals surface area contributed by atoms with E-state index >= 15 is 0 Å². The molecule has 0 saturated heterocycles. The van der Waals surface area contributed by atoms with Crippen molar-refractivity contribution in [2.75, 3.05) is 14.1 Å². The smallest absolute Gasteiger partial charge is 0.191 e. The summed E-state index contributed by atoms with van der Waals surface area (Å²) in [6, 6.07) is 6.47. The molecule has 2 atom stereocenters. The standard InChI is InChI=1S/C23H34N4OS/c1-6-8-14-27-22(20(7-2)26(4)5)24-25-23(27)29-16(3)21(28)19-13-12-17-10-9-11-18(17)15-19/h12-13,15-16,20H,6-11,14H2,1-5H3. The van der Waals surface area contributed by atoms with Gasteiger partial charge in [0.25, 0.3) is 0 Å². The maximum atomic E-state index is 13.1. The maximum Gasteiger partial charge on any atom is 0.191 e. The van der Waals surface area contributed by atoms with E-state index in [0.717, 1.165) is 55.2 Å². The number of aryl methyl sites for hydroxylation is 2. The van der Waals surface area contributed by atoms with Crippen LogP contribution in [-0.2, 0) is 19.4 Å². The summed E-state index contributed by atoms with van der Waals surface area (Å²) in [6.07, 6.45) is 6.60. The van der Waals surface area contributed by atoms with Crippen molar-refractivity contribution in [3.05, 3.63) is 40.7 Å². The molecular weight excluding hydrogens is 380 g/mol. The number of nitrogens with zero attached hydrogens (tertiary/aromatic N) is 4. The lowest BCUT2D eigenvalue weighted by molar-refractivity contribution is 0.0993. The number of aromatic nitrogens is 3. The van der Waals surface area contributed by atoms with Crippen LogP contribution >= 0.6 is 11.8 Å². The fraction of sp³-hybridized carbons (Fsp3) is 0.609. The Morgan fingerprint density at radius 1 is 1.21 bits per heavy atom. The van der Waals surface area contributed by atoms with Gasteiger partial charge in [-0.1, -0.05) is 44.2 Å². The summed E-state index contributed by atoms with van der Waals surface area (Å²) >= 11 is 1.54. The third kappa shape index (κ3) is 4.92. The molecule has 2 aromatic rings. The minimum Gasteiger partial charge on any atom is -0.305 e. The molecule has 29 heavy (non-hydrogen) atoms. The number of ketones is 1. The number of carbonyl (C=O) groups excluding carboxylic acids is 1. The predicted molar refractivity (Wildman–Crippen MR) is 120 cm³/mol. The highest BCUT2D eigenvalue weighted by atomic mass is 32.2. The van der Waals surface area contributed by atoms with E-state index in [0.29, 0.717) is 0 Å². The molecule has 0 saturated carbocycles. The van der Waals surface area contributed by atoms with Crippen molar-refractivity contribution in [3.8, 4) is 0 Å². The van der Waals surface area contributed by atoms with Crippen molar-refractivity contribution in [2.45, 2.75) is 82.3 Å². The van der Waals surface area contributed by atoms with Gasteiger partial charge in [0, 0.05) is 12.1 Å². The van der Waals surface area contributed by atoms with Gasteiger partial charge in [0.2, 0.25) is 0 Å². The Bertz CT molecular complexity index is 845. The molecule has 1 aliphatic rings. The molecule has 1 heterocycles. The van der Waals surface area contributed by atoms with Gasteiger partial charge >= 0.3 is 0 Å². The monoisotopic (exact) mass is 414 g/mol. The second kappa shape index (κ2) is 9.90. The van der Waals surface area contributed by atoms with E-state index in [-0.39, 0.29) is 17.1 Å². The molecule has 0 radical (unpaired) electrons. The zero-order chi connectivity index (χ0) is 21.0. The Labute approximate surface area is 179 Å². The first-order valence-corrected chi connectivity index (χ1v) is 11.8. The minimum atomic E-state index is -0.189. The van der Waals surface area contributed by atoms with Crippen LogP contribution in [0.5, 0.6) is 0 Å². The van der Waals surface area contributed by atoms with Crippen LogP contribution in [0, 0.1) is 0 Å². The highest BCUT2D eigenvalue weighted by molar-refractivity contribution is 8.00. The fourth-order valence-electron chi connectivity index (χ4n) is 4.11. The number of unbranched alkanes of at least 4 members (excludes halogenated alkanes) is 1. The van der Waals surface area contributed by atoms with E-state index in [2.05, 4.69) is 59.7 Å². The van der Waals surface area contributed by atoms with Gasteiger partial charge in [0.05, 0.1) is 11.3 Å². The number of fused-ring (bicyclic) bond motifs is 1. The maximum absolute atomic E-state index is 13.1. The Kier molecular flexibility index (Phi) is 7.52. The van der Waals surface area contributed by atoms with Crippen molar-refractivity contribution in [1.82, 2.24) is 19.7 Å². The summed E-state index contributed by atoms with van der Waals surface area (Å²) in [4.78, 5) is 15.3. The van der Waals surface area contributed by atoms with Crippen LogP contribution in [0.4, 0.5) is 0 Å². The van der Waals surface area contributed by atoms with Crippen molar-refractivity contribution in [3.63, 3.8) is 0 Å². The topological polar surface area (TPSA) is 51.0 Å². The van der Waals surface area contributed by atoms with E-state index in [4.69, 9.17) is 0 Å². The summed E-state index contributed by atoms with van der Waals surface area (Å²) in [6.45, 7) is 7.25. The molecule has 0 bridgehead atoms. The van der Waals surface area contributed by atoms with Gasteiger partial charge < -0.3 is 4.57 Å². The molecular formula is C23H34N4OS. The molecule has 0 amide bonds. The molecule has 6 heteroatoms. The Morgan fingerprint density at radius 2 is 1.97 bits per heavy atom. The van der Waals surface area contributed by atoms with Gasteiger partial charge in [-0.3, -0.25) is 9.69 Å². The number of thioether (sulfide) groups is 1. The van der Waals surface area contributed by atoms with Crippen LogP contribution in [0.3, 0.4) is 0 Å². The molecule has 0 aliphatic heterocycles. The summed E-state index contributed by atoms with van der Waals surface area (Å²) < 4.78 is 2.23.